The van der Waals surface area contributed by atoms with Gasteiger partial charge in [0.2, 0.25) is 0 Å². The normalized spacial score (nSPS) is 13.1. The van der Waals surface area contributed by atoms with Crippen LogP contribution in [0, 0.1) is 0 Å². The quantitative estimate of drug-likeness (QED) is 0.847. The van der Waals surface area contributed by atoms with Crippen LogP contribution in [0.4, 0.5) is 4.79 Å². The van der Waals surface area contributed by atoms with Gasteiger partial charge in [0, 0.05) is 37.4 Å². The van der Waals surface area contributed by atoms with Crippen LogP contribution in [-0.2, 0) is 11.3 Å². The van der Waals surface area contributed by atoms with Crippen molar-refractivity contribution < 1.29 is 9.53 Å². The minimum Gasteiger partial charge on any atom is -0.444 e. The first-order valence-corrected chi connectivity index (χ1v) is 6.54. The fourth-order valence-corrected chi connectivity index (χ4v) is 1.76. The van der Waals surface area contributed by atoms with E-state index in [9.17, 15) is 4.79 Å². The van der Waals surface area contributed by atoms with Gasteiger partial charge in [-0.05, 0) is 27.7 Å². The number of aromatic nitrogens is 2. The van der Waals surface area contributed by atoms with Crippen LogP contribution in [0.15, 0.2) is 12.5 Å². The summed E-state index contributed by atoms with van der Waals surface area (Å²) in [5, 5.41) is 2.75. The minimum absolute atomic E-state index is 0.0370. The average molecular weight is 268 g/mol. The number of ether oxygens (including phenoxy) is 1. The van der Waals surface area contributed by atoms with E-state index in [0.717, 1.165) is 12.2 Å². The number of rotatable bonds is 5. The molecule has 0 saturated carbocycles. The maximum Gasteiger partial charge on any atom is 0.407 e. The summed E-state index contributed by atoms with van der Waals surface area (Å²) in [6, 6.07) is 0. The van der Waals surface area contributed by atoms with Gasteiger partial charge in [-0.3, -0.25) is 0 Å². The molecule has 6 heteroatoms. The van der Waals surface area contributed by atoms with Gasteiger partial charge in [-0.2, -0.15) is 0 Å². The van der Waals surface area contributed by atoms with E-state index >= 15 is 0 Å². The Kier molecular flexibility index (Phi) is 5.35. The Balaban J connectivity index is 2.57. The third-order valence-corrected chi connectivity index (χ3v) is 2.68. The number of hydrogen-bond acceptors (Lipinski definition) is 4. The van der Waals surface area contributed by atoms with E-state index in [0.29, 0.717) is 13.1 Å². The molecule has 3 N–H and O–H groups in total. The number of alkyl carbamates (subject to hydrolysis) is 1. The van der Waals surface area contributed by atoms with Gasteiger partial charge in [0.15, 0.2) is 0 Å². The van der Waals surface area contributed by atoms with Crippen LogP contribution in [-0.4, -0.2) is 34.3 Å². The minimum atomic E-state index is -0.493. The number of imidazole rings is 1. The summed E-state index contributed by atoms with van der Waals surface area (Å²) in [7, 11) is 0. The van der Waals surface area contributed by atoms with Crippen LogP contribution in [0.25, 0.3) is 0 Å². The third kappa shape index (κ3) is 4.90. The van der Waals surface area contributed by atoms with Crippen molar-refractivity contribution in [2.75, 3.05) is 13.1 Å². The molecule has 0 radical (unpaired) electrons. The van der Waals surface area contributed by atoms with Crippen LogP contribution in [0.3, 0.4) is 0 Å². The summed E-state index contributed by atoms with van der Waals surface area (Å²) < 4.78 is 7.22. The van der Waals surface area contributed by atoms with Crippen molar-refractivity contribution in [2.24, 2.45) is 5.73 Å². The molecule has 0 aliphatic heterocycles. The molecule has 1 atom stereocenters. The predicted molar refractivity (Wildman–Crippen MR) is 73.9 cm³/mol. The topological polar surface area (TPSA) is 82.2 Å². The van der Waals surface area contributed by atoms with Gasteiger partial charge < -0.3 is 20.4 Å². The van der Waals surface area contributed by atoms with Crippen molar-refractivity contribution >= 4 is 6.09 Å². The fourth-order valence-electron chi connectivity index (χ4n) is 1.76. The van der Waals surface area contributed by atoms with Gasteiger partial charge in [0.1, 0.15) is 5.60 Å². The largest absolute Gasteiger partial charge is 0.444 e. The van der Waals surface area contributed by atoms with Gasteiger partial charge >= 0.3 is 6.09 Å². The van der Waals surface area contributed by atoms with E-state index in [4.69, 9.17) is 10.5 Å². The van der Waals surface area contributed by atoms with Crippen LogP contribution >= 0.6 is 0 Å². The lowest BCUT2D eigenvalue weighted by atomic mass is 10.1. The molecule has 0 spiro atoms. The summed E-state index contributed by atoms with van der Waals surface area (Å²) in [5.41, 5.74) is 6.30. The smallest absolute Gasteiger partial charge is 0.407 e. The molecule has 6 nitrogen and oxygen atoms in total. The van der Waals surface area contributed by atoms with Crippen LogP contribution in [0.1, 0.15) is 39.3 Å². The Morgan fingerprint density at radius 1 is 1.58 bits per heavy atom. The Bertz CT molecular complexity index is 409. The zero-order valence-corrected chi connectivity index (χ0v) is 12.1. The molecule has 0 fully saturated rings. The summed E-state index contributed by atoms with van der Waals surface area (Å²) in [5.74, 6) is 0.0370. The Hall–Kier alpha value is -1.56. The highest BCUT2D eigenvalue weighted by Crippen LogP contribution is 2.14. The van der Waals surface area contributed by atoms with Gasteiger partial charge in [-0.15, -0.1) is 0 Å². The molecule has 1 unspecified atom stereocenters. The van der Waals surface area contributed by atoms with Crippen molar-refractivity contribution in [2.45, 2.75) is 45.8 Å². The summed E-state index contributed by atoms with van der Waals surface area (Å²) in [6.07, 6.45) is 3.14. The van der Waals surface area contributed by atoms with Crippen LogP contribution < -0.4 is 11.1 Å². The lowest BCUT2D eigenvalue weighted by Crippen LogP contribution is -2.36. The number of hydrogen-bond donors (Lipinski definition) is 2. The highest BCUT2D eigenvalue weighted by molar-refractivity contribution is 5.67. The highest BCUT2D eigenvalue weighted by Gasteiger charge is 2.19. The molecule has 19 heavy (non-hydrogen) atoms. The molecular weight excluding hydrogens is 244 g/mol. The lowest BCUT2D eigenvalue weighted by molar-refractivity contribution is 0.0524. The molecule has 0 saturated heterocycles. The average Bonchev–Trinajstić information content (AvgIpc) is 2.76. The molecule has 0 bridgehead atoms. The molecule has 1 aromatic rings. The number of nitrogens with zero attached hydrogens (tertiary/aromatic N) is 2. The van der Waals surface area contributed by atoms with Crippen molar-refractivity contribution in [1.82, 2.24) is 14.9 Å². The van der Waals surface area contributed by atoms with Crippen molar-refractivity contribution in [3.8, 4) is 0 Å². The first kappa shape index (κ1) is 15.5. The molecular formula is C13H24N4O2. The van der Waals surface area contributed by atoms with E-state index in [1.54, 1.807) is 12.5 Å². The number of nitrogens with one attached hydrogen (secondary N) is 1. The van der Waals surface area contributed by atoms with Crippen LogP contribution in [0.5, 0.6) is 0 Å². The van der Waals surface area contributed by atoms with Crippen LogP contribution in [0.2, 0.25) is 0 Å². The molecule has 0 aliphatic carbocycles. The number of aryl methyl sites for hydroxylation is 1. The number of carbonyl (C=O) groups is 1. The lowest BCUT2D eigenvalue weighted by Gasteiger charge is -2.21. The van der Waals surface area contributed by atoms with Gasteiger partial charge in [0.25, 0.3) is 0 Å². The molecule has 0 aromatic carbocycles. The van der Waals surface area contributed by atoms with E-state index in [2.05, 4.69) is 10.3 Å². The predicted octanol–water partition coefficient (Wildman–Crippen LogP) is 1.47. The highest BCUT2D eigenvalue weighted by atomic mass is 16.6. The maximum atomic E-state index is 11.6. The van der Waals surface area contributed by atoms with Crippen molar-refractivity contribution in [3.63, 3.8) is 0 Å². The van der Waals surface area contributed by atoms with Crippen molar-refractivity contribution in [1.29, 1.82) is 0 Å². The zero-order valence-electron chi connectivity index (χ0n) is 12.1. The Morgan fingerprint density at radius 2 is 2.26 bits per heavy atom. The van der Waals surface area contributed by atoms with Gasteiger partial charge in [0.05, 0.1) is 6.33 Å². The molecule has 1 aromatic heterocycles. The second kappa shape index (κ2) is 6.56. The molecule has 1 amide bonds. The Labute approximate surface area is 114 Å². The molecule has 1 heterocycles. The fraction of sp³-hybridized carbons (Fsp3) is 0.692. The second-order valence-corrected chi connectivity index (χ2v) is 5.42. The standard InChI is InChI=1S/C13H24N4O2/c1-5-17-9-15-8-11(17)10(6-14)7-16-12(18)19-13(2,3)4/h8-10H,5-7,14H2,1-4H3,(H,16,18). The monoisotopic (exact) mass is 268 g/mol. The van der Waals surface area contributed by atoms with E-state index < -0.39 is 11.7 Å². The third-order valence-electron chi connectivity index (χ3n) is 2.68. The SMILES string of the molecule is CCn1cncc1C(CN)CNC(=O)OC(C)(C)C. The summed E-state index contributed by atoms with van der Waals surface area (Å²) >= 11 is 0. The maximum absolute atomic E-state index is 11.6. The van der Waals surface area contributed by atoms with Gasteiger partial charge in [-0.25, -0.2) is 9.78 Å². The molecule has 0 aliphatic rings. The number of nitrogens with two attached hydrogens (primary N) is 1. The summed E-state index contributed by atoms with van der Waals surface area (Å²) in [6.45, 7) is 9.26. The zero-order chi connectivity index (χ0) is 14.5. The summed E-state index contributed by atoms with van der Waals surface area (Å²) in [4.78, 5) is 15.7. The Morgan fingerprint density at radius 3 is 2.79 bits per heavy atom. The van der Waals surface area contributed by atoms with Gasteiger partial charge in [-0.1, -0.05) is 0 Å². The first-order valence-electron chi connectivity index (χ1n) is 6.54. The van der Waals surface area contributed by atoms with E-state index in [-0.39, 0.29) is 5.92 Å². The molecule has 1 rings (SSSR count). The van der Waals surface area contributed by atoms with E-state index in [1.165, 1.54) is 0 Å². The number of amides is 1. The molecule has 108 valence electrons. The second-order valence-electron chi connectivity index (χ2n) is 5.42. The van der Waals surface area contributed by atoms with E-state index in [1.807, 2.05) is 32.3 Å². The van der Waals surface area contributed by atoms with Crippen molar-refractivity contribution in [3.05, 3.63) is 18.2 Å². The first-order chi connectivity index (χ1) is 8.87. The number of carbonyl (C=O) groups excluding carboxylic acids is 1.